The van der Waals surface area contributed by atoms with E-state index in [4.69, 9.17) is 10.5 Å². The molecule has 0 bridgehead atoms. The number of nitrogens with zero attached hydrogens (tertiary/aromatic N) is 5. The van der Waals surface area contributed by atoms with Crippen LogP contribution in [0, 0.1) is 11.3 Å². The third kappa shape index (κ3) is 3.08. The van der Waals surface area contributed by atoms with E-state index in [2.05, 4.69) is 19.9 Å². The summed E-state index contributed by atoms with van der Waals surface area (Å²) in [7, 11) is 0. The molecular weight excluding hydrogens is 352 g/mol. The maximum atomic E-state index is 9.34. The second kappa shape index (κ2) is 7.29. The molecule has 0 fully saturated rings. The fourth-order valence-electron chi connectivity index (χ4n) is 3.07. The fraction of sp³-hybridized carbons (Fsp3) is 0.0952. The Hall–Kier alpha value is -4.05. The average molecular weight is 368 g/mol. The van der Waals surface area contributed by atoms with Crippen LogP contribution in [0.4, 0.5) is 5.82 Å². The molecule has 0 unspecified atom stereocenters. The Bertz CT molecular complexity index is 1190. The van der Waals surface area contributed by atoms with Crippen molar-refractivity contribution in [3.8, 4) is 23.2 Å². The Morgan fingerprint density at radius 2 is 1.86 bits per heavy atom. The summed E-state index contributed by atoms with van der Waals surface area (Å²) >= 11 is 0. The van der Waals surface area contributed by atoms with Gasteiger partial charge in [0, 0.05) is 28.9 Å². The van der Waals surface area contributed by atoms with Crippen molar-refractivity contribution in [2.24, 2.45) is 0 Å². The molecule has 3 heterocycles. The largest absolute Gasteiger partial charge is 0.469 e. The minimum absolute atomic E-state index is 0.0845. The molecule has 0 saturated heterocycles. The molecule has 28 heavy (non-hydrogen) atoms. The molecule has 7 heteroatoms. The Morgan fingerprint density at radius 3 is 2.64 bits per heavy atom. The molecule has 0 aliphatic rings. The number of hydrogen-bond acceptors (Lipinski definition) is 7. The number of rotatable bonds is 4. The first-order valence-electron chi connectivity index (χ1n) is 8.65. The summed E-state index contributed by atoms with van der Waals surface area (Å²) in [5.74, 6) is 0.226. The fourth-order valence-corrected chi connectivity index (χ4v) is 3.07. The summed E-state index contributed by atoms with van der Waals surface area (Å²) in [5, 5.41) is 10.3. The summed E-state index contributed by atoms with van der Waals surface area (Å²) in [6.07, 6.45) is 4.35. The van der Waals surface area contributed by atoms with Crippen LogP contribution in [-0.4, -0.2) is 19.9 Å². The van der Waals surface area contributed by atoms with E-state index in [-0.39, 0.29) is 17.3 Å². The highest BCUT2D eigenvalue weighted by Gasteiger charge is 2.20. The first kappa shape index (κ1) is 17.4. The molecule has 2 N–H and O–H groups in total. The van der Waals surface area contributed by atoms with Crippen LogP contribution in [0.25, 0.3) is 22.2 Å². The Kier molecular flexibility index (Phi) is 4.52. The van der Waals surface area contributed by atoms with Gasteiger partial charge in [-0.3, -0.25) is 9.97 Å². The van der Waals surface area contributed by atoms with Gasteiger partial charge in [0.05, 0.1) is 11.2 Å². The molecule has 3 aromatic heterocycles. The van der Waals surface area contributed by atoms with Gasteiger partial charge in [-0.15, -0.1) is 0 Å². The number of nitriles is 1. The van der Waals surface area contributed by atoms with Crippen molar-refractivity contribution in [1.29, 1.82) is 5.26 Å². The second-order valence-corrected chi connectivity index (χ2v) is 6.13. The minimum atomic E-state index is -0.449. The number of nitrogens with two attached hydrogens (primary N) is 1. The monoisotopic (exact) mass is 368 g/mol. The highest BCUT2D eigenvalue weighted by Crippen LogP contribution is 2.35. The summed E-state index contributed by atoms with van der Waals surface area (Å²) < 4.78 is 5.99. The first-order valence-corrected chi connectivity index (χ1v) is 8.65. The molecule has 0 radical (unpaired) electrons. The standard InChI is InChI=1S/C21H16N6O/c1-13(28-21-15(10-22)20(23)26-12-27-21)16-11-25-17-7-3-2-6-14(17)19(16)18-8-4-5-9-24-18/h2-9,11-13H,1H3,(H2,23,26,27)/t13-/m0/s1. The van der Waals surface area contributed by atoms with E-state index >= 15 is 0 Å². The molecule has 0 saturated carbocycles. The van der Waals surface area contributed by atoms with Crippen molar-refractivity contribution < 1.29 is 4.74 Å². The van der Waals surface area contributed by atoms with Gasteiger partial charge < -0.3 is 10.5 Å². The van der Waals surface area contributed by atoms with E-state index in [1.807, 2.05) is 55.5 Å². The van der Waals surface area contributed by atoms with Crippen molar-refractivity contribution >= 4 is 16.7 Å². The lowest BCUT2D eigenvalue weighted by Gasteiger charge is -2.19. The van der Waals surface area contributed by atoms with Gasteiger partial charge in [0.25, 0.3) is 0 Å². The molecule has 0 spiro atoms. The molecule has 0 aliphatic carbocycles. The lowest BCUT2D eigenvalue weighted by molar-refractivity contribution is 0.217. The number of fused-ring (bicyclic) bond motifs is 1. The second-order valence-electron chi connectivity index (χ2n) is 6.13. The number of ether oxygens (including phenoxy) is 1. The molecule has 1 aromatic carbocycles. The van der Waals surface area contributed by atoms with Gasteiger partial charge in [-0.1, -0.05) is 24.3 Å². The van der Waals surface area contributed by atoms with Gasteiger partial charge in [0.2, 0.25) is 5.88 Å². The number of benzene rings is 1. The molecule has 4 aromatic rings. The average Bonchev–Trinajstić information content (AvgIpc) is 2.73. The summed E-state index contributed by atoms with van der Waals surface area (Å²) in [4.78, 5) is 17.0. The molecule has 0 aliphatic heterocycles. The van der Waals surface area contributed by atoms with E-state index in [1.54, 1.807) is 12.4 Å². The number of aromatic nitrogens is 4. The van der Waals surface area contributed by atoms with Crippen molar-refractivity contribution in [3.63, 3.8) is 0 Å². The van der Waals surface area contributed by atoms with Crippen LogP contribution in [-0.2, 0) is 0 Å². The van der Waals surface area contributed by atoms with Gasteiger partial charge in [0.1, 0.15) is 24.3 Å². The van der Waals surface area contributed by atoms with Crippen LogP contribution in [0.2, 0.25) is 0 Å². The maximum Gasteiger partial charge on any atom is 0.237 e. The van der Waals surface area contributed by atoms with E-state index in [9.17, 15) is 5.26 Å². The van der Waals surface area contributed by atoms with Crippen molar-refractivity contribution in [2.45, 2.75) is 13.0 Å². The van der Waals surface area contributed by atoms with Crippen LogP contribution in [0.3, 0.4) is 0 Å². The quantitative estimate of drug-likeness (QED) is 0.585. The summed E-state index contributed by atoms with van der Waals surface area (Å²) in [6, 6.07) is 15.6. The number of hydrogen-bond donors (Lipinski definition) is 1. The van der Waals surface area contributed by atoms with Crippen molar-refractivity contribution in [3.05, 3.63) is 72.3 Å². The minimum Gasteiger partial charge on any atom is -0.469 e. The normalized spacial score (nSPS) is 11.7. The van der Waals surface area contributed by atoms with Crippen LogP contribution >= 0.6 is 0 Å². The zero-order valence-electron chi connectivity index (χ0n) is 15.1. The maximum absolute atomic E-state index is 9.34. The molecule has 0 amide bonds. The van der Waals surface area contributed by atoms with Gasteiger partial charge in [0.15, 0.2) is 5.56 Å². The van der Waals surface area contributed by atoms with Crippen LogP contribution in [0.1, 0.15) is 24.2 Å². The van der Waals surface area contributed by atoms with Gasteiger partial charge in [-0.05, 0) is 25.1 Å². The van der Waals surface area contributed by atoms with Gasteiger partial charge in [-0.2, -0.15) is 5.26 Å². The number of anilines is 1. The third-order valence-corrected chi connectivity index (χ3v) is 4.41. The molecule has 4 rings (SSSR count). The number of nitrogen functional groups attached to an aromatic ring is 1. The van der Waals surface area contributed by atoms with E-state index in [1.165, 1.54) is 6.33 Å². The van der Waals surface area contributed by atoms with Crippen LogP contribution in [0.15, 0.2) is 61.2 Å². The van der Waals surface area contributed by atoms with Crippen LogP contribution in [0.5, 0.6) is 5.88 Å². The Morgan fingerprint density at radius 1 is 1.04 bits per heavy atom. The van der Waals surface area contributed by atoms with E-state index in [0.29, 0.717) is 0 Å². The SMILES string of the molecule is C[C@H](Oc1ncnc(N)c1C#N)c1cnc2ccccc2c1-c1ccccn1. The number of pyridine rings is 2. The van der Waals surface area contributed by atoms with Gasteiger partial charge in [-0.25, -0.2) is 9.97 Å². The zero-order chi connectivity index (χ0) is 19.5. The Labute approximate surface area is 161 Å². The lowest BCUT2D eigenvalue weighted by atomic mass is 9.97. The highest BCUT2D eigenvalue weighted by molar-refractivity contribution is 5.95. The third-order valence-electron chi connectivity index (χ3n) is 4.41. The van der Waals surface area contributed by atoms with Crippen molar-refractivity contribution in [1.82, 2.24) is 19.9 Å². The first-order chi connectivity index (χ1) is 13.7. The molecule has 1 atom stereocenters. The molecule has 7 nitrogen and oxygen atoms in total. The number of para-hydroxylation sites is 1. The zero-order valence-corrected chi connectivity index (χ0v) is 15.1. The van der Waals surface area contributed by atoms with E-state index < -0.39 is 6.10 Å². The molecule has 136 valence electrons. The predicted octanol–water partition coefficient (Wildman–Crippen LogP) is 3.68. The topological polar surface area (TPSA) is 111 Å². The van der Waals surface area contributed by atoms with Gasteiger partial charge >= 0.3 is 0 Å². The Balaban J connectivity index is 1.85. The van der Waals surface area contributed by atoms with Crippen molar-refractivity contribution in [2.75, 3.05) is 5.73 Å². The predicted molar refractivity (Wildman–Crippen MR) is 105 cm³/mol. The summed E-state index contributed by atoms with van der Waals surface area (Å²) in [6.45, 7) is 1.87. The van der Waals surface area contributed by atoms with Crippen LogP contribution < -0.4 is 10.5 Å². The lowest BCUT2D eigenvalue weighted by Crippen LogP contribution is -2.10. The van der Waals surface area contributed by atoms with E-state index in [0.717, 1.165) is 27.7 Å². The smallest absolute Gasteiger partial charge is 0.237 e. The summed E-state index contributed by atoms with van der Waals surface area (Å²) in [5.41, 5.74) is 9.32. The molecular formula is C21H16N6O. The highest BCUT2D eigenvalue weighted by atomic mass is 16.5.